The van der Waals surface area contributed by atoms with E-state index in [-0.39, 0.29) is 6.61 Å². The number of nitrogens with zero attached hydrogens (tertiary/aromatic N) is 1. The third-order valence-corrected chi connectivity index (χ3v) is 3.36. The summed E-state index contributed by atoms with van der Waals surface area (Å²) in [5.74, 6) is 0.990. The third-order valence-electron chi connectivity index (χ3n) is 3.05. The summed E-state index contributed by atoms with van der Waals surface area (Å²) in [7, 11) is 0. The van der Waals surface area contributed by atoms with E-state index in [0.29, 0.717) is 0 Å². The number of hydrogen-bond donors (Lipinski definition) is 2. The minimum absolute atomic E-state index is 0.240. The Morgan fingerprint density at radius 1 is 0.944 bits per heavy atom. The first-order valence-electron chi connectivity index (χ1n) is 6.85. The van der Waals surface area contributed by atoms with Crippen LogP contribution in [0.2, 0.25) is 0 Å². The first kappa shape index (κ1) is 15.5. The molecule has 18 heavy (non-hydrogen) atoms. The largest absolute Gasteiger partial charge is 0.395 e. The number of aliphatic hydroxyl groups excluding tert-OH is 1. The highest BCUT2D eigenvalue weighted by molar-refractivity contribution is 7.80. The average Bonchev–Trinajstić information content (AvgIpc) is 2.40. The fraction of sp³-hybridized carbons (Fsp3) is 0.600. The van der Waals surface area contributed by atoms with E-state index < -0.39 is 0 Å². The van der Waals surface area contributed by atoms with E-state index in [1.54, 1.807) is 0 Å². The van der Waals surface area contributed by atoms with Crippen LogP contribution in [0.3, 0.4) is 0 Å². The zero-order chi connectivity index (χ0) is 13.1. The van der Waals surface area contributed by atoms with Crippen LogP contribution in [0.4, 0.5) is 0 Å². The standard InChI is InChI=1S/C15H25NOS/c17-12-11-16(10-6-1-2-7-13-18)14-15-8-4-3-5-9-15/h3-5,8-9,17-18H,1-2,6-7,10-14H2. The lowest BCUT2D eigenvalue weighted by atomic mass is 10.1. The summed E-state index contributed by atoms with van der Waals surface area (Å²) in [6.45, 7) is 3.01. The SMILES string of the molecule is OCCN(CCCCCCS)Cc1ccccc1. The molecule has 0 bridgehead atoms. The molecule has 2 nitrogen and oxygen atoms in total. The van der Waals surface area contributed by atoms with Crippen LogP contribution in [0.15, 0.2) is 30.3 Å². The Morgan fingerprint density at radius 2 is 1.67 bits per heavy atom. The molecule has 0 saturated carbocycles. The van der Waals surface area contributed by atoms with Gasteiger partial charge in [0.15, 0.2) is 0 Å². The van der Waals surface area contributed by atoms with E-state index in [4.69, 9.17) is 5.11 Å². The fourth-order valence-corrected chi connectivity index (χ4v) is 2.28. The molecule has 1 aromatic rings. The molecule has 0 saturated heterocycles. The summed E-state index contributed by atoms with van der Waals surface area (Å²) in [6.07, 6.45) is 4.95. The number of benzene rings is 1. The van der Waals surface area contributed by atoms with Crippen molar-refractivity contribution in [2.75, 3.05) is 25.4 Å². The van der Waals surface area contributed by atoms with Gasteiger partial charge in [-0.25, -0.2) is 0 Å². The van der Waals surface area contributed by atoms with E-state index in [2.05, 4.69) is 41.8 Å². The van der Waals surface area contributed by atoms with Crippen molar-refractivity contribution < 1.29 is 5.11 Å². The van der Waals surface area contributed by atoms with Gasteiger partial charge in [0.1, 0.15) is 0 Å². The van der Waals surface area contributed by atoms with Gasteiger partial charge in [-0.1, -0.05) is 43.2 Å². The van der Waals surface area contributed by atoms with Gasteiger partial charge in [-0.15, -0.1) is 0 Å². The highest BCUT2D eigenvalue weighted by Crippen LogP contribution is 2.07. The van der Waals surface area contributed by atoms with Crippen molar-refractivity contribution in [3.05, 3.63) is 35.9 Å². The number of rotatable bonds is 10. The average molecular weight is 267 g/mol. The lowest BCUT2D eigenvalue weighted by molar-refractivity contribution is 0.187. The third kappa shape index (κ3) is 7.04. The van der Waals surface area contributed by atoms with Gasteiger partial charge >= 0.3 is 0 Å². The summed E-state index contributed by atoms with van der Waals surface area (Å²) in [6, 6.07) is 10.5. The Bertz CT molecular complexity index is 292. The van der Waals surface area contributed by atoms with Crippen molar-refractivity contribution in [2.24, 2.45) is 0 Å². The molecule has 1 rings (SSSR count). The maximum absolute atomic E-state index is 9.10. The van der Waals surface area contributed by atoms with E-state index >= 15 is 0 Å². The van der Waals surface area contributed by atoms with Crippen LogP contribution in [0, 0.1) is 0 Å². The molecule has 1 aromatic carbocycles. The molecular weight excluding hydrogens is 242 g/mol. The van der Waals surface area contributed by atoms with Gasteiger partial charge in [0, 0.05) is 13.1 Å². The van der Waals surface area contributed by atoms with Crippen LogP contribution in [-0.4, -0.2) is 35.5 Å². The molecule has 0 heterocycles. The van der Waals surface area contributed by atoms with Crippen molar-refractivity contribution in [1.29, 1.82) is 0 Å². The number of hydrogen-bond acceptors (Lipinski definition) is 3. The molecule has 1 N–H and O–H groups in total. The Morgan fingerprint density at radius 3 is 2.33 bits per heavy atom. The second-order valence-electron chi connectivity index (χ2n) is 4.62. The minimum atomic E-state index is 0.240. The second-order valence-corrected chi connectivity index (χ2v) is 5.07. The van der Waals surface area contributed by atoms with Gasteiger partial charge in [0.2, 0.25) is 0 Å². The molecule has 0 unspecified atom stereocenters. The lowest BCUT2D eigenvalue weighted by Gasteiger charge is -2.21. The van der Waals surface area contributed by atoms with Gasteiger partial charge in [-0.05, 0) is 30.7 Å². The predicted octanol–water partition coefficient (Wildman–Crippen LogP) is 2.97. The highest BCUT2D eigenvalue weighted by atomic mass is 32.1. The maximum Gasteiger partial charge on any atom is 0.0558 e. The van der Waals surface area contributed by atoms with Crippen molar-refractivity contribution in [1.82, 2.24) is 4.90 Å². The monoisotopic (exact) mass is 267 g/mol. The van der Waals surface area contributed by atoms with Crippen molar-refractivity contribution in [3.8, 4) is 0 Å². The molecule has 0 atom stereocenters. The van der Waals surface area contributed by atoms with Crippen LogP contribution < -0.4 is 0 Å². The fourth-order valence-electron chi connectivity index (χ4n) is 2.05. The number of thiol groups is 1. The smallest absolute Gasteiger partial charge is 0.0558 e. The topological polar surface area (TPSA) is 23.5 Å². The molecule has 3 heteroatoms. The zero-order valence-corrected chi connectivity index (χ0v) is 12.0. The Hall–Kier alpha value is -0.510. The van der Waals surface area contributed by atoms with Gasteiger partial charge in [-0.3, -0.25) is 4.90 Å². The molecule has 102 valence electrons. The number of unbranched alkanes of at least 4 members (excludes halogenated alkanes) is 3. The summed E-state index contributed by atoms with van der Waals surface area (Å²) < 4.78 is 0. The summed E-state index contributed by atoms with van der Waals surface area (Å²) in [4.78, 5) is 2.33. The van der Waals surface area contributed by atoms with Gasteiger partial charge in [0.25, 0.3) is 0 Å². The molecule has 0 amide bonds. The zero-order valence-electron chi connectivity index (χ0n) is 11.1. The van der Waals surface area contributed by atoms with Crippen LogP contribution in [0.5, 0.6) is 0 Å². The van der Waals surface area contributed by atoms with E-state index in [1.807, 2.05) is 6.07 Å². The summed E-state index contributed by atoms with van der Waals surface area (Å²) in [5, 5.41) is 9.10. The molecule has 0 fully saturated rings. The molecule has 0 aliphatic rings. The van der Waals surface area contributed by atoms with Crippen LogP contribution in [-0.2, 0) is 6.54 Å². The molecule has 0 aliphatic carbocycles. The molecular formula is C15H25NOS. The van der Waals surface area contributed by atoms with E-state index in [9.17, 15) is 0 Å². The van der Waals surface area contributed by atoms with Gasteiger partial charge in [-0.2, -0.15) is 12.6 Å². The quantitative estimate of drug-likeness (QED) is 0.503. The molecule has 0 spiro atoms. The normalized spacial score (nSPS) is 11.1. The number of aliphatic hydroxyl groups is 1. The molecule has 0 aliphatic heterocycles. The van der Waals surface area contributed by atoms with Crippen LogP contribution >= 0.6 is 12.6 Å². The summed E-state index contributed by atoms with van der Waals surface area (Å²) in [5.41, 5.74) is 1.32. The van der Waals surface area contributed by atoms with E-state index in [1.165, 1.54) is 31.2 Å². The lowest BCUT2D eigenvalue weighted by Crippen LogP contribution is -2.27. The highest BCUT2D eigenvalue weighted by Gasteiger charge is 2.04. The Labute approximate surface area is 116 Å². The molecule has 0 aromatic heterocycles. The minimum Gasteiger partial charge on any atom is -0.395 e. The Kier molecular flexibility index (Phi) is 9.00. The molecule has 0 radical (unpaired) electrons. The van der Waals surface area contributed by atoms with Crippen molar-refractivity contribution in [2.45, 2.75) is 32.2 Å². The summed E-state index contributed by atoms with van der Waals surface area (Å²) >= 11 is 4.22. The van der Waals surface area contributed by atoms with Crippen molar-refractivity contribution >= 4 is 12.6 Å². The first-order chi connectivity index (χ1) is 8.86. The maximum atomic E-state index is 9.10. The van der Waals surface area contributed by atoms with Crippen LogP contribution in [0.25, 0.3) is 0 Å². The first-order valence-corrected chi connectivity index (χ1v) is 7.48. The van der Waals surface area contributed by atoms with Crippen molar-refractivity contribution in [3.63, 3.8) is 0 Å². The second kappa shape index (κ2) is 10.4. The van der Waals surface area contributed by atoms with Crippen LogP contribution in [0.1, 0.15) is 31.2 Å². The van der Waals surface area contributed by atoms with Gasteiger partial charge in [0.05, 0.1) is 6.61 Å². The predicted molar refractivity (Wildman–Crippen MR) is 81.1 cm³/mol. The van der Waals surface area contributed by atoms with E-state index in [0.717, 1.165) is 25.4 Å². The van der Waals surface area contributed by atoms with Gasteiger partial charge < -0.3 is 5.11 Å². The Balaban J connectivity index is 2.26.